The first kappa shape index (κ1) is 12.1. The van der Waals surface area contributed by atoms with E-state index in [0.717, 1.165) is 19.4 Å². The number of carbonyl (C=O) groups is 1. The van der Waals surface area contributed by atoms with Gasteiger partial charge in [-0.2, -0.15) is 0 Å². The molecule has 1 fully saturated rings. The van der Waals surface area contributed by atoms with Gasteiger partial charge in [0, 0.05) is 12.6 Å². The number of rotatable bonds is 4. The van der Waals surface area contributed by atoms with Crippen LogP contribution in [0, 0.1) is 0 Å². The molecule has 2 rings (SSSR count). The molecule has 0 aliphatic carbocycles. The topological polar surface area (TPSA) is 71.7 Å². The van der Waals surface area contributed by atoms with Crippen LogP contribution >= 0.6 is 0 Å². The molecule has 2 unspecified atom stereocenters. The number of hydrogen-bond acceptors (Lipinski definition) is 4. The van der Waals surface area contributed by atoms with Gasteiger partial charge in [0.15, 0.2) is 0 Å². The van der Waals surface area contributed by atoms with Crippen molar-refractivity contribution in [1.82, 2.24) is 5.32 Å². The average molecular weight is 239 g/mol. The Kier molecular flexibility index (Phi) is 3.81. The molecule has 5 heteroatoms. The monoisotopic (exact) mass is 239 g/mol. The van der Waals surface area contributed by atoms with Crippen molar-refractivity contribution < 1.29 is 19.1 Å². The Hall–Kier alpha value is -1.33. The summed E-state index contributed by atoms with van der Waals surface area (Å²) < 4.78 is 10.6. The largest absolute Gasteiger partial charge is 0.475 e. The Labute approximate surface area is 99.8 Å². The Morgan fingerprint density at radius 3 is 3.00 bits per heavy atom. The van der Waals surface area contributed by atoms with Gasteiger partial charge in [0.05, 0.1) is 12.6 Å². The van der Waals surface area contributed by atoms with E-state index in [0.29, 0.717) is 18.4 Å². The first-order chi connectivity index (χ1) is 8.16. The molecule has 17 heavy (non-hydrogen) atoms. The Balaban J connectivity index is 1.93. The second kappa shape index (κ2) is 5.33. The third kappa shape index (κ3) is 3.08. The second-order valence-electron chi connectivity index (χ2n) is 4.31. The molecule has 1 aromatic heterocycles. The number of nitrogens with one attached hydrogen (secondary N) is 1. The predicted octanol–water partition coefficient (Wildman–Crippen LogP) is 1.81. The van der Waals surface area contributed by atoms with Gasteiger partial charge >= 0.3 is 5.97 Å². The number of furan rings is 1. The van der Waals surface area contributed by atoms with E-state index in [1.54, 1.807) is 6.07 Å². The zero-order valence-corrected chi connectivity index (χ0v) is 9.81. The number of ether oxygens (including phenoxy) is 1. The summed E-state index contributed by atoms with van der Waals surface area (Å²) in [6.45, 7) is 3.49. The van der Waals surface area contributed by atoms with Crippen LogP contribution in [0.25, 0.3) is 0 Å². The fourth-order valence-electron chi connectivity index (χ4n) is 2.01. The van der Waals surface area contributed by atoms with Crippen LogP contribution in [0.1, 0.15) is 42.1 Å². The Morgan fingerprint density at radius 1 is 1.59 bits per heavy atom. The maximum Gasteiger partial charge on any atom is 0.371 e. The molecule has 0 radical (unpaired) electrons. The van der Waals surface area contributed by atoms with Crippen molar-refractivity contribution in [3.05, 3.63) is 23.7 Å². The zero-order valence-electron chi connectivity index (χ0n) is 9.81. The van der Waals surface area contributed by atoms with Gasteiger partial charge in [-0.1, -0.05) is 0 Å². The fraction of sp³-hybridized carbons (Fsp3) is 0.583. The molecule has 1 saturated heterocycles. The van der Waals surface area contributed by atoms with Crippen LogP contribution in [-0.4, -0.2) is 30.3 Å². The molecule has 1 aromatic rings. The Bertz CT molecular complexity index is 382. The van der Waals surface area contributed by atoms with Crippen molar-refractivity contribution in [2.75, 3.05) is 13.2 Å². The molecule has 0 aromatic carbocycles. The molecule has 1 aliphatic heterocycles. The lowest BCUT2D eigenvalue weighted by Crippen LogP contribution is -2.38. The first-order valence-corrected chi connectivity index (χ1v) is 5.83. The van der Waals surface area contributed by atoms with Crippen LogP contribution in [-0.2, 0) is 4.74 Å². The quantitative estimate of drug-likeness (QED) is 0.838. The van der Waals surface area contributed by atoms with Gasteiger partial charge < -0.3 is 19.6 Å². The molecule has 1 aliphatic rings. The standard InChI is InChI=1S/C12H17NO4/c1-8(13-9-3-2-6-16-7-9)10-4-5-11(17-10)12(14)15/h4-5,8-9,13H,2-3,6-7H2,1H3,(H,14,15). The van der Waals surface area contributed by atoms with Gasteiger partial charge in [-0.3, -0.25) is 0 Å². The molecular weight excluding hydrogens is 222 g/mol. The summed E-state index contributed by atoms with van der Waals surface area (Å²) >= 11 is 0. The van der Waals surface area contributed by atoms with E-state index >= 15 is 0 Å². The smallest absolute Gasteiger partial charge is 0.371 e. The van der Waals surface area contributed by atoms with Gasteiger partial charge in [0.1, 0.15) is 5.76 Å². The van der Waals surface area contributed by atoms with Crippen molar-refractivity contribution in [2.24, 2.45) is 0 Å². The maximum absolute atomic E-state index is 10.7. The van der Waals surface area contributed by atoms with Gasteiger partial charge in [-0.15, -0.1) is 0 Å². The lowest BCUT2D eigenvalue weighted by atomic mass is 10.1. The van der Waals surface area contributed by atoms with Crippen LogP contribution in [0.2, 0.25) is 0 Å². The van der Waals surface area contributed by atoms with Crippen LogP contribution in [0.3, 0.4) is 0 Å². The summed E-state index contributed by atoms with van der Waals surface area (Å²) in [5.41, 5.74) is 0. The molecule has 5 nitrogen and oxygen atoms in total. The van der Waals surface area contributed by atoms with Gasteiger partial charge in [0.25, 0.3) is 0 Å². The molecule has 0 saturated carbocycles. The minimum absolute atomic E-state index is 0.00481. The second-order valence-corrected chi connectivity index (χ2v) is 4.31. The molecule has 0 spiro atoms. The van der Waals surface area contributed by atoms with Crippen LogP contribution in [0.5, 0.6) is 0 Å². The molecule has 0 bridgehead atoms. The first-order valence-electron chi connectivity index (χ1n) is 5.83. The highest BCUT2D eigenvalue weighted by molar-refractivity contribution is 5.84. The minimum atomic E-state index is -1.04. The third-order valence-electron chi connectivity index (χ3n) is 2.91. The SMILES string of the molecule is CC(NC1CCCOC1)c1ccc(C(=O)O)o1. The van der Waals surface area contributed by atoms with E-state index in [9.17, 15) is 4.79 Å². The Morgan fingerprint density at radius 2 is 2.41 bits per heavy atom. The van der Waals surface area contributed by atoms with Gasteiger partial charge in [0.2, 0.25) is 5.76 Å². The summed E-state index contributed by atoms with van der Waals surface area (Å²) in [5.74, 6) is -0.411. The zero-order chi connectivity index (χ0) is 12.3. The highest BCUT2D eigenvalue weighted by Crippen LogP contribution is 2.18. The molecular formula is C12H17NO4. The van der Waals surface area contributed by atoms with Crippen molar-refractivity contribution in [3.8, 4) is 0 Å². The number of aromatic carboxylic acids is 1. The molecule has 2 N–H and O–H groups in total. The maximum atomic E-state index is 10.7. The number of hydrogen-bond donors (Lipinski definition) is 2. The van der Waals surface area contributed by atoms with Crippen LogP contribution < -0.4 is 5.32 Å². The predicted molar refractivity (Wildman–Crippen MR) is 61.1 cm³/mol. The van der Waals surface area contributed by atoms with Crippen molar-refractivity contribution >= 4 is 5.97 Å². The summed E-state index contributed by atoms with van der Waals surface area (Å²) in [7, 11) is 0. The minimum Gasteiger partial charge on any atom is -0.475 e. The van der Waals surface area contributed by atoms with E-state index in [2.05, 4.69) is 5.32 Å². The summed E-state index contributed by atoms with van der Waals surface area (Å²) in [5, 5.41) is 12.1. The van der Waals surface area contributed by atoms with Crippen molar-refractivity contribution in [1.29, 1.82) is 0 Å². The lowest BCUT2D eigenvalue weighted by Gasteiger charge is -2.25. The van der Waals surface area contributed by atoms with E-state index in [1.807, 2.05) is 6.92 Å². The highest BCUT2D eigenvalue weighted by Gasteiger charge is 2.19. The van der Waals surface area contributed by atoms with Crippen LogP contribution in [0.15, 0.2) is 16.5 Å². The van der Waals surface area contributed by atoms with E-state index in [4.69, 9.17) is 14.3 Å². The fourth-order valence-corrected chi connectivity index (χ4v) is 2.01. The molecule has 2 heterocycles. The van der Waals surface area contributed by atoms with Gasteiger partial charge in [-0.25, -0.2) is 4.79 Å². The highest BCUT2D eigenvalue weighted by atomic mass is 16.5. The van der Waals surface area contributed by atoms with E-state index in [-0.39, 0.29) is 11.8 Å². The van der Waals surface area contributed by atoms with Gasteiger partial charge in [-0.05, 0) is 31.9 Å². The molecule has 0 amide bonds. The van der Waals surface area contributed by atoms with Crippen LogP contribution in [0.4, 0.5) is 0 Å². The molecule has 2 atom stereocenters. The summed E-state index contributed by atoms with van der Waals surface area (Å²) in [6.07, 6.45) is 2.14. The summed E-state index contributed by atoms with van der Waals surface area (Å²) in [4.78, 5) is 10.7. The number of carboxylic acids is 1. The lowest BCUT2D eigenvalue weighted by molar-refractivity contribution is 0.0636. The number of carboxylic acid groups (broad SMARTS) is 1. The third-order valence-corrected chi connectivity index (χ3v) is 2.91. The van der Waals surface area contributed by atoms with E-state index < -0.39 is 5.97 Å². The average Bonchev–Trinajstić information content (AvgIpc) is 2.79. The van der Waals surface area contributed by atoms with Crippen molar-refractivity contribution in [3.63, 3.8) is 0 Å². The van der Waals surface area contributed by atoms with E-state index in [1.165, 1.54) is 6.07 Å². The normalized spacial score (nSPS) is 22.3. The van der Waals surface area contributed by atoms with Crippen molar-refractivity contribution in [2.45, 2.75) is 31.8 Å². The molecule has 94 valence electrons. The summed E-state index contributed by atoms with van der Waals surface area (Å²) in [6, 6.07) is 3.49.